The van der Waals surface area contributed by atoms with Gasteiger partial charge in [-0.3, -0.25) is 14.4 Å². The van der Waals surface area contributed by atoms with Crippen molar-refractivity contribution in [2.45, 2.75) is 45.6 Å². The Hall–Kier alpha value is -2.57. The molecule has 1 saturated carbocycles. The van der Waals surface area contributed by atoms with Crippen LogP contribution in [0.5, 0.6) is 11.5 Å². The maximum absolute atomic E-state index is 12.6. The zero-order valence-corrected chi connectivity index (χ0v) is 18.2. The quantitative estimate of drug-likeness (QED) is 0.501. The van der Waals surface area contributed by atoms with Gasteiger partial charge in [-0.25, -0.2) is 0 Å². The lowest BCUT2D eigenvalue weighted by Gasteiger charge is -2.39. The number of ether oxygens (including phenoxy) is 3. The molecule has 0 unspecified atom stereocenters. The minimum absolute atomic E-state index is 0.00342. The highest BCUT2D eigenvalue weighted by atomic mass is 16.5. The van der Waals surface area contributed by atoms with Gasteiger partial charge in [-0.2, -0.15) is 0 Å². The molecule has 0 bridgehead atoms. The first-order chi connectivity index (χ1) is 14.3. The molecule has 1 heterocycles. The summed E-state index contributed by atoms with van der Waals surface area (Å²) in [6.07, 6.45) is 3.41. The van der Waals surface area contributed by atoms with Crippen LogP contribution in [0.1, 0.15) is 49.9 Å². The first kappa shape index (κ1) is 22.1. The molecule has 1 saturated heterocycles. The van der Waals surface area contributed by atoms with Crippen molar-refractivity contribution in [2.24, 2.45) is 17.8 Å². The van der Waals surface area contributed by atoms with Gasteiger partial charge in [0, 0.05) is 19.0 Å². The Labute approximate surface area is 177 Å². The third-order valence-electron chi connectivity index (χ3n) is 6.61. The van der Waals surface area contributed by atoms with E-state index in [0.29, 0.717) is 35.4 Å². The van der Waals surface area contributed by atoms with Crippen LogP contribution in [0.25, 0.3) is 0 Å². The number of amides is 1. The van der Waals surface area contributed by atoms with Crippen LogP contribution < -0.4 is 9.47 Å². The lowest BCUT2D eigenvalue weighted by atomic mass is 9.77. The molecule has 2 aliphatic rings. The fraction of sp³-hybridized carbons (Fsp3) is 0.609. The number of hydrogen-bond acceptors (Lipinski definition) is 6. The van der Waals surface area contributed by atoms with Gasteiger partial charge in [0.1, 0.15) is 11.5 Å². The fourth-order valence-electron chi connectivity index (χ4n) is 4.57. The lowest BCUT2D eigenvalue weighted by molar-refractivity contribution is -0.147. The molecule has 3 rings (SSSR count). The topological polar surface area (TPSA) is 82.1 Å². The van der Waals surface area contributed by atoms with Gasteiger partial charge in [0.15, 0.2) is 6.61 Å². The van der Waals surface area contributed by atoms with E-state index in [4.69, 9.17) is 14.2 Å². The molecule has 1 aromatic rings. The zero-order valence-electron chi connectivity index (χ0n) is 18.2. The predicted octanol–water partition coefficient (Wildman–Crippen LogP) is 3.10. The number of carbonyl (C=O) groups excluding carboxylic acids is 3. The first-order valence-corrected chi connectivity index (χ1v) is 10.6. The number of methoxy groups -OCH3 is 2. The Morgan fingerprint density at radius 3 is 2.60 bits per heavy atom. The number of esters is 1. The third-order valence-corrected chi connectivity index (χ3v) is 6.61. The molecule has 1 aliphatic heterocycles. The Morgan fingerprint density at radius 2 is 1.90 bits per heavy atom. The van der Waals surface area contributed by atoms with Crippen molar-refractivity contribution in [1.29, 1.82) is 0 Å². The SMILES string of the molecule is COc1ccc(OC)c(C(=O)COC(=O)[C@@H]2CC(=O)N([C@@H]3CCC[C@@H](C)[C@H]3C)C2)c1. The summed E-state index contributed by atoms with van der Waals surface area (Å²) in [5, 5.41) is 0. The van der Waals surface area contributed by atoms with E-state index >= 15 is 0 Å². The van der Waals surface area contributed by atoms with Crippen LogP contribution in [0, 0.1) is 17.8 Å². The van der Waals surface area contributed by atoms with E-state index in [9.17, 15) is 14.4 Å². The van der Waals surface area contributed by atoms with Crippen molar-refractivity contribution in [3.63, 3.8) is 0 Å². The van der Waals surface area contributed by atoms with E-state index in [0.717, 1.165) is 12.8 Å². The van der Waals surface area contributed by atoms with Gasteiger partial charge >= 0.3 is 5.97 Å². The number of carbonyl (C=O) groups is 3. The second-order valence-electron chi connectivity index (χ2n) is 8.38. The van der Waals surface area contributed by atoms with E-state index in [1.54, 1.807) is 18.2 Å². The summed E-state index contributed by atoms with van der Waals surface area (Å²) >= 11 is 0. The summed E-state index contributed by atoms with van der Waals surface area (Å²) in [7, 11) is 2.98. The molecule has 30 heavy (non-hydrogen) atoms. The summed E-state index contributed by atoms with van der Waals surface area (Å²) in [5.74, 6) is 0.480. The molecule has 7 nitrogen and oxygen atoms in total. The highest BCUT2D eigenvalue weighted by Crippen LogP contribution is 2.36. The summed E-state index contributed by atoms with van der Waals surface area (Å²) in [6, 6.07) is 5.06. The van der Waals surface area contributed by atoms with Gasteiger partial charge in [-0.15, -0.1) is 0 Å². The molecule has 1 aromatic carbocycles. The summed E-state index contributed by atoms with van der Waals surface area (Å²) in [4.78, 5) is 39.6. The smallest absolute Gasteiger partial charge is 0.311 e. The van der Waals surface area contributed by atoms with Gasteiger partial charge in [0.25, 0.3) is 0 Å². The van der Waals surface area contributed by atoms with Crippen LogP contribution in [-0.4, -0.2) is 56.0 Å². The van der Waals surface area contributed by atoms with E-state index in [1.807, 2.05) is 4.90 Å². The third kappa shape index (κ3) is 4.60. The molecule has 1 aliphatic carbocycles. The molecule has 2 fully saturated rings. The number of ketones is 1. The van der Waals surface area contributed by atoms with Gasteiger partial charge in [0.05, 0.1) is 25.7 Å². The lowest BCUT2D eigenvalue weighted by Crippen LogP contribution is -2.45. The molecule has 0 aromatic heterocycles. The van der Waals surface area contributed by atoms with Gasteiger partial charge in [-0.1, -0.05) is 26.7 Å². The normalized spacial score (nSPS) is 26.4. The van der Waals surface area contributed by atoms with Gasteiger partial charge in [0.2, 0.25) is 11.7 Å². The highest BCUT2D eigenvalue weighted by Gasteiger charge is 2.42. The Kier molecular flexibility index (Phi) is 7.00. The molecular weight excluding hydrogens is 386 g/mol. The van der Waals surface area contributed by atoms with Crippen molar-refractivity contribution >= 4 is 17.7 Å². The molecule has 164 valence electrons. The summed E-state index contributed by atoms with van der Waals surface area (Å²) in [6.45, 7) is 4.38. The standard InChI is InChI=1S/C23H31NO6/c1-14-6-5-7-19(15(14)2)24-12-16(10-22(24)26)23(27)30-13-20(25)18-11-17(28-3)8-9-21(18)29-4/h8-9,11,14-16,19H,5-7,10,12-13H2,1-4H3/t14-,15-,16-,19-/m1/s1. The highest BCUT2D eigenvalue weighted by molar-refractivity contribution is 6.01. The number of rotatable bonds is 7. The van der Waals surface area contributed by atoms with Crippen LogP contribution >= 0.6 is 0 Å². The van der Waals surface area contributed by atoms with Crippen LogP contribution in [-0.2, 0) is 14.3 Å². The number of hydrogen-bond donors (Lipinski definition) is 0. The van der Waals surface area contributed by atoms with Crippen molar-refractivity contribution in [2.75, 3.05) is 27.4 Å². The van der Waals surface area contributed by atoms with E-state index in [2.05, 4.69) is 13.8 Å². The molecule has 0 radical (unpaired) electrons. The van der Waals surface area contributed by atoms with E-state index in [1.165, 1.54) is 20.6 Å². The van der Waals surface area contributed by atoms with Crippen molar-refractivity contribution < 1.29 is 28.6 Å². The number of benzene rings is 1. The number of nitrogens with zero attached hydrogens (tertiary/aromatic N) is 1. The number of likely N-dealkylation sites (tertiary alicyclic amines) is 1. The molecule has 0 N–H and O–H groups in total. The van der Waals surface area contributed by atoms with Crippen LogP contribution in [0.15, 0.2) is 18.2 Å². The molecule has 7 heteroatoms. The van der Waals surface area contributed by atoms with Gasteiger partial charge < -0.3 is 19.1 Å². The Balaban J connectivity index is 1.59. The fourth-order valence-corrected chi connectivity index (χ4v) is 4.57. The van der Waals surface area contributed by atoms with E-state index < -0.39 is 18.5 Å². The molecule has 4 atom stereocenters. The first-order valence-electron chi connectivity index (χ1n) is 10.6. The maximum atomic E-state index is 12.6. The molecular formula is C23H31NO6. The average Bonchev–Trinajstić information content (AvgIpc) is 3.14. The van der Waals surface area contributed by atoms with Crippen molar-refractivity contribution in [1.82, 2.24) is 4.90 Å². The van der Waals surface area contributed by atoms with Gasteiger partial charge in [-0.05, 0) is 36.5 Å². The Morgan fingerprint density at radius 1 is 1.13 bits per heavy atom. The summed E-state index contributed by atoms with van der Waals surface area (Å²) in [5.41, 5.74) is 0.291. The monoisotopic (exact) mass is 417 g/mol. The summed E-state index contributed by atoms with van der Waals surface area (Å²) < 4.78 is 15.7. The van der Waals surface area contributed by atoms with Crippen molar-refractivity contribution in [3.05, 3.63) is 23.8 Å². The minimum Gasteiger partial charge on any atom is -0.497 e. The van der Waals surface area contributed by atoms with Crippen LogP contribution in [0.2, 0.25) is 0 Å². The van der Waals surface area contributed by atoms with E-state index in [-0.39, 0.29) is 24.2 Å². The van der Waals surface area contributed by atoms with Crippen molar-refractivity contribution in [3.8, 4) is 11.5 Å². The zero-order chi connectivity index (χ0) is 21.8. The minimum atomic E-state index is -0.526. The second kappa shape index (κ2) is 9.49. The molecule has 0 spiro atoms. The molecule has 1 amide bonds. The predicted molar refractivity (Wildman–Crippen MR) is 111 cm³/mol. The average molecular weight is 418 g/mol. The Bertz CT molecular complexity index is 807. The van der Waals surface area contributed by atoms with Crippen LogP contribution in [0.3, 0.4) is 0 Å². The van der Waals surface area contributed by atoms with Crippen LogP contribution in [0.4, 0.5) is 0 Å². The second-order valence-corrected chi connectivity index (χ2v) is 8.38. The maximum Gasteiger partial charge on any atom is 0.311 e. The number of Topliss-reactive ketones (excluding diaryl/α,β-unsaturated/α-hetero) is 1. The largest absolute Gasteiger partial charge is 0.497 e.